The third-order valence-corrected chi connectivity index (χ3v) is 3.13. The summed E-state index contributed by atoms with van der Waals surface area (Å²) in [4.78, 5) is 0. The molecule has 0 fully saturated rings. The van der Waals surface area contributed by atoms with Gasteiger partial charge in [-0.3, -0.25) is 4.68 Å². The van der Waals surface area contributed by atoms with E-state index in [1.54, 1.807) is 4.68 Å². The molecule has 0 aliphatic rings. The second-order valence-electron chi connectivity index (χ2n) is 5.30. The molecule has 3 heteroatoms. The first-order valence-corrected chi connectivity index (χ1v) is 6.37. The summed E-state index contributed by atoms with van der Waals surface area (Å²) in [5.74, 6) is 1.35. The number of anilines is 1. The number of hydrogen-bond donors (Lipinski definition) is 1. The maximum atomic E-state index is 6.12. The number of rotatable bonds is 3. The summed E-state index contributed by atoms with van der Waals surface area (Å²) in [7, 11) is 1.90. The van der Waals surface area contributed by atoms with E-state index in [2.05, 4.69) is 50.1 Å². The molecular weight excluding hydrogens is 222 g/mol. The Labute approximate surface area is 109 Å². The van der Waals surface area contributed by atoms with Gasteiger partial charge in [-0.25, -0.2) is 0 Å². The lowest BCUT2D eigenvalue weighted by atomic mass is 9.99. The summed E-state index contributed by atoms with van der Waals surface area (Å²) in [6.45, 7) is 6.49. The molecule has 1 aromatic heterocycles. The number of aryl methyl sites for hydroxylation is 2. The number of nitrogens with two attached hydrogens (primary N) is 1. The van der Waals surface area contributed by atoms with Gasteiger partial charge in [-0.05, 0) is 19.3 Å². The first-order valence-electron chi connectivity index (χ1n) is 6.37. The van der Waals surface area contributed by atoms with Crippen molar-refractivity contribution < 1.29 is 0 Å². The molecule has 0 aliphatic carbocycles. The summed E-state index contributed by atoms with van der Waals surface area (Å²) in [5, 5.41) is 4.55. The first kappa shape index (κ1) is 12.7. The van der Waals surface area contributed by atoms with Crippen molar-refractivity contribution in [1.29, 1.82) is 0 Å². The van der Waals surface area contributed by atoms with Crippen molar-refractivity contribution in [1.82, 2.24) is 9.78 Å². The fraction of sp³-hybridized carbons (Fsp3) is 0.400. The van der Waals surface area contributed by atoms with Crippen molar-refractivity contribution in [3.8, 4) is 11.3 Å². The Balaban J connectivity index is 2.49. The van der Waals surface area contributed by atoms with Crippen LogP contribution in [-0.2, 0) is 13.5 Å². The van der Waals surface area contributed by atoms with Gasteiger partial charge in [0.15, 0.2) is 0 Å². The van der Waals surface area contributed by atoms with Crippen molar-refractivity contribution in [2.75, 3.05) is 5.73 Å². The average Bonchev–Trinajstić information content (AvgIpc) is 2.58. The maximum absolute atomic E-state index is 6.12. The van der Waals surface area contributed by atoms with E-state index >= 15 is 0 Å². The highest BCUT2D eigenvalue weighted by Crippen LogP contribution is 2.29. The molecule has 0 aliphatic heterocycles. The molecular formula is C15H21N3. The largest absolute Gasteiger partial charge is 0.384 e. The molecule has 0 atom stereocenters. The van der Waals surface area contributed by atoms with Gasteiger partial charge in [0.05, 0.1) is 5.69 Å². The van der Waals surface area contributed by atoms with Gasteiger partial charge in [-0.15, -0.1) is 0 Å². The second-order valence-corrected chi connectivity index (χ2v) is 5.30. The molecule has 0 saturated heterocycles. The Morgan fingerprint density at radius 1 is 1.22 bits per heavy atom. The van der Waals surface area contributed by atoms with Gasteiger partial charge in [-0.1, -0.05) is 43.7 Å². The lowest BCUT2D eigenvalue weighted by Gasteiger charge is -2.07. The van der Waals surface area contributed by atoms with Crippen LogP contribution >= 0.6 is 0 Å². The number of hydrogen-bond acceptors (Lipinski definition) is 2. The quantitative estimate of drug-likeness (QED) is 0.899. The fourth-order valence-electron chi connectivity index (χ4n) is 2.13. The summed E-state index contributed by atoms with van der Waals surface area (Å²) in [5.41, 5.74) is 10.7. The van der Waals surface area contributed by atoms with Crippen molar-refractivity contribution in [3.63, 3.8) is 0 Å². The van der Waals surface area contributed by atoms with Crippen molar-refractivity contribution >= 4 is 5.82 Å². The van der Waals surface area contributed by atoms with E-state index in [1.165, 1.54) is 5.56 Å². The van der Waals surface area contributed by atoms with E-state index in [4.69, 9.17) is 5.73 Å². The van der Waals surface area contributed by atoms with Crippen molar-refractivity contribution in [2.24, 2.45) is 13.0 Å². The van der Waals surface area contributed by atoms with E-state index in [1.807, 2.05) is 7.05 Å². The van der Waals surface area contributed by atoms with Crippen LogP contribution < -0.4 is 5.73 Å². The summed E-state index contributed by atoms with van der Waals surface area (Å²) in [6, 6.07) is 8.45. The van der Waals surface area contributed by atoms with Crippen LogP contribution in [0.15, 0.2) is 24.3 Å². The van der Waals surface area contributed by atoms with E-state index in [-0.39, 0.29) is 0 Å². The second kappa shape index (κ2) is 4.84. The van der Waals surface area contributed by atoms with E-state index in [9.17, 15) is 0 Å². The van der Waals surface area contributed by atoms with E-state index in [0.29, 0.717) is 5.92 Å². The summed E-state index contributed by atoms with van der Waals surface area (Å²) < 4.78 is 1.77. The van der Waals surface area contributed by atoms with Crippen LogP contribution in [0.5, 0.6) is 0 Å². The predicted octanol–water partition coefficient (Wildman–Crippen LogP) is 3.18. The van der Waals surface area contributed by atoms with E-state index < -0.39 is 0 Å². The Hall–Kier alpha value is -1.77. The topological polar surface area (TPSA) is 43.8 Å². The Morgan fingerprint density at radius 2 is 1.83 bits per heavy atom. The number of nitrogens with zero attached hydrogens (tertiary/aromatic N) is 2. The Kier molecular flexibility index (Phi) is 3.41. The normalized spacial score (nSPS) is 11.2. The average molecular weight is 243 g/mol. The van der Waals surface area contributed by atoms with Gasteiger partial charge in [0.1, 0.15) is 5.82 Å². The molecule has 2 aromatic rings. The Morgan fingerprint density at radius 3 is 2.39 bits per heavy atom. The molecule has 3 nitrogen and oxygen atoms in total. The molecule has 1 aromatic carbocycles. The Bertz CT molecular complexity index is 536. The molecule has 0 bridgehead atoms. The van der Waals surface area contributed by atoms with Crippen molar-refractivity contribution in [2.45, 2.75) is 27.2 Å². The molecule has 96 valence electrons. The maximum Gasteiger partial charge on any atom is 0.125 e. The van der Waals surface area contributed by atoms with Crippen LogP contribution in [0.4, 0.5) is 5.82 Å². The van der Waals surface area contributed by atoms with E-state index in [0.717, 1.165) is 29.1 Å². The highest BCUT2D eigenvalue weighted by atomic mass is 15.3. The van der Waals surface area contributed by atoms with Gasteiger partial charge < -0.3 is 5.73 Å². The van der Waals surface area contributed by atoms with Crippen LogP contribution in [0.3, 0.4) is 0 Å². The van der Waals surface area contributed by atoms with Gasteiger partial charge in [0.25, 0.3) is 0 Å². The predicted molar refractivity (Wildman–Crippen MR) is 76.3 cm³/mol. The number of aromatic nitrogens is 2. The molecule has 0 amide bonds. The van der Waals surface area contributed by atoms with Gasteiger partial charge in [0.2, 0.25) is 0 Å². The molecule has 2 rings (SSSR count). The first-order chi connectivity index (χ1) is 8.49. The third-order valence-electron chi connectivity index (χ3n) is 3.13. The zero-order valence-electron chi connectivity index (χ0n) is 11.6. The van der Waals surface area contributed by atoms with Crippen LogP contribution in [0.1, 0.15) is 25.0 Å². The molecule has 0 saturated carbocycles. The minimum atomic E-state index is 0.570. The highest BCUT2D eigenvalue weighted by Gasteiger charge is 2.16. The van der Waals surface area contributed by atoms with Crippen LogP contribution in [0.2, 0.25) is 0 Å². The molecule has 0 spiro atoms. The molecule has 2 N–H and O–H groups in total. The minimum absolute atomic E-state index is 0.570. The minimum Gasteiger partial charge on any atom is -0.384 e. The monoisotopic (exact) mass is 243 g/mol. The molecule has 1 heterocycles. The zero-order valence-corrected chi connectivity index (χ0v) is 11.6. The number of benzene rings is 1. The number of nitrogen functional groups attached to an aromatic ring is 1. The lowest BCUT2D eigenvalue weighted by molar-refractivity contribution is 0.648. The molecule has 18 heavy (non-hydrogen) atoms. The van der Waals surface area contributed by atoms with Crippen LogP contribution in [-0.4, -0.2) is 9.78 Å². The van der Waals surface area contributed by atoms with Crippen molar-refractivity contribution in [3.05, 3.63) is 35.4 Å². The standard InChI is InChI=1S/C15H21N3/c1-10(2)9-13-14(17-18(4)15(13)16)12-7-5-11(3)6-8-12/h5-8,10H,9,16H2,1-4H3. The fourth-order valence-corrected chi connectivity index (χ4v) is 2.13. The summed E-state index contributed by atoms with van der Waals surface area (Å²) in [6.07, 6.45) is 0.961. The molecule has 0 radical (unpaired) electrons. The van der Waals surface area contributed by atoms with Gasteiger partial charge in [-0.2, -0.15) is 5.10 Å². The smallest absolute Gasteiger partial charge is 0.125 e. The van der Waals surface area contributed by atoms with Gasteiger partial charge in [0, 0.05) is 18.2 Å². The zero-order chi connectivity index (χ0) is 13.3. The highest BCUT2D eigenvalue weighted by molar-refractivity contribution is 5.68. The van der Waals surface area contributed by atoms with Crippen LogP contribution in [0, 0.1) is 12.8 Å². The third kappa shape index (κ3) is 2.40. The molecule has 0 unspecified atom stereocenters. The summed E-state index contributed by atoms with van der Waals surface area (Å²) >= 11 is 0. The van der Waals surface area contributed by atoms with Crippen LogP contribution in [0.25, 0.3) is 11.3 Å². The van der Waals surface area contributed by atoms with Gasteiger partial charge >= 0.3 is 0 Å². The lowest BCUT2D eigenvalue weighted by Crippen LogP contribution is -2.02. The SMILES string of the molecule is Cc1ccc(-c2nn(C)c(N)c2CC(C)C)cc1.